The molecule has 0 radical (unpaired) electrons. The molecule has 7 rings (SSSR count). The van der Waals surface area contributed by atoms with Gasteiger partial charge in [-0.3, -0.25) is 24.0 Å². The number of hydrogen-bond acceptors (Lipinski definition) is 17. The Labute approximate surface area is 428 Å². The van der Waals surface area contributed by atoms with Crippen molar-refractivity contribution in [3.8, 4) is 17.2 Å². The summed E-state index contributed by atoms with van der Waals surface area (Å²) in [7, 11) is 1.30. The zero-order chi connectivity index (χ0) is 53.6. The van der Waals surface area contributed by atoms with Gasteiger partial charge < -0.3 is 66.2 Å². The predicted octanol–water partition coefficient (Wildman–Crippen LogP) is 3.69. The van der Waals surface area contributed by atoms with Gasteiger partial charge in [0.2, 0.25) is 11.7 Å². The number of carbonyl (C=O) groups excluding carboxylic acids is 6. The van der Waals surface area contributed by atoms with Gasteiger partial charge in [-0.2, -0.15) is 0 Å². The zero-order valence-electron chi connectivity index (χ0n) is 42.1. The minimum atomic E-state index is -2.39. The minimum Gasteiger partial charge on any atom is -0.507 e. The number of amides is 2. The van der Waals surface area contributed by atoms with Crippen LogP contribution in [-0.2, 0) is 54.5 Å². The first-order valence-electron chi connectivity index (χ1n) is 24.7. The second-order valence-corrected chi connectivity index (χ2v) is 20.3. The van der Waals surface area contributed by atoms with E-state index in [0.717, 1.165) is 5.56 Å². The SMILES string of the molecule is COc1cccc2c1C(=O)c1c(O)c3c(c(O)c1C2=O)C[C@](O)(C(=O)CO)C[C@H]3OC1C[C@@H](NC(=O)OCc2ccc(CC(=O)C(CCCCN)NC(=O)C(Cc3ccccc3)NC(C)(C)C)cc2)[C@@H](O)[C@@H](C)O1. The number of nitrogens with two attached hydrogens (primary N) is 1. The van der Waals surface area contributed by atoms with E-state index in [1.807, 2.05) is 51.1 Å². The van der Waals surface area contributed by atoms with Crippen LogP contribution in [0.3, 0.4) is 0 Å². The van der Waals surface area contributed by atoms with Gasteiger partial charge in [0.1, 0.15) is 42.2 Å². The quantitative estimate of drug-likeness (QED) is 0.0397. The van der Waals surface area contributed by atoms with E-state index in [1.165, 1.54) is 32.2 Å². The summed E-state index contributed by atoms with van der Waals surface area (Å²) in [6.07, 6.45) is -5.34. The largest absolute Gasteiger partial charge is 0.507 e. The number of phenolic OH excluding ortho intramolecular Hbond substituents is 2. The Balaban J connectivity index is 1.01. The van der Waals surface area contributed by atoms with Crippen molar-refractivity contribution in [1.29, 1.82) is 0 Å². The summed E-state index contributed by atoms with van der Waals surface area (Å²) < 4.78 is 23.1. The molecule has 3 unspecified atom stereocenters. The van der Waals surface area contributed by atoms with E-state index in [2.05, 4.69) is 16.0 Å². The average molecular weight is 1020 g/mol. The summed E-state index contributed by atoms with van der Waals surface area (Å²) in [5.41, 5.74) is 3.38. The number of unbranched alkanes of at least 4 members (excludes halogenated alkanes) is 1. The number of benzene rings is 4. The molecule has 74 heavy (non-hydrogen) atoms. The Morgan fingerprint density at radius 1 is 0.878 bits per heavy atom. The molecule has 4 aromatic rings. The molecule has 0 spiro atoms. The Kier molecular flexibility index (Phi) is 17.4. The molecule has 0 saturated carbocycles. The summed E-state index contributed by atoms with van der Waals surface area (Å²) in [5.74, 6) is -4.66. The number of aromatic hydroxyl groups is 2. The number of alkyl carbamates (subject to hydrolysis) is 1. The van der Waals surface area contributed by atoms with Crippen LogP contribution in [0.5, 0.6) is 17.2 Å². The summed E-state index contributed by atoms with van der Waals surface area (Å²) in [6.45, 7) is 6.58. The van der Waals surface area contributed by atoms with E-state index >= 15 is 0 Å². The van der Waals surface area contributed by atoms with Crippen molar-refractivity contribution in [3.05, 3.63) is 123 Å². The number of phenols is 2. The number of hydrogen-bond donors (Lipinski definition) is 9. The highest BCUT2D eigenvalue weighted by molar-refractivity contribution is 6.31. The van der Waals surface area contributed by atoms with Gasteiger partial charge >= 0.3 is 6.09 Å². The standard InChI is InChI=1S/C55H66N4O15/c1-29-47(63)36(24-42(73-29)74-40-26-55(70,41(62)27-60)25-34-44(40)51(67)46-45(49(34)65)48(64)33-14-11-16-39(71-5)43(33)50(46)66)58-53(69)72-28-32-19-17-31(18-20-32)23-38(61)35(15-9-10-21-56)57-52(68)37(59-54(2,3)4)22-30-12-7-6-8-13-30/h6-8,11-14,16-20,29,35-37,40,42,47,59-60,63,65,67,70H,9-10,15,21-28,56H2,1-5H3,(H,57,68)(H,58,69)/t29-,35?,36-,37?,40-,42?,47+,55-/m1/s1. The molecular weight excluding hydrogens is 957 g/mol. The van der Waals surface area contributed by atoms with Crippen LogP contribution < -0.4 is 26.4 Å². The molecule has 0 bridgehead atoms. The van der Waals surface area contributed by atoms with Crippen molar-refractivity contribution < 1.29 is 73.2 Å². The molecule has 2 aliphatic carbocycles. The van der Waals surface area contributed by atoms with Crippen LogP contribution in [-0.4, -0.2) is 129 Å². The van der Waals surface area contributed by atoms with Crippen LogP contribution in [0.25, 0.3) is 0 Å². The molecule has 1 aliphatic heterocycles. The van der Waals surface area contributed by atoms with E-state index in [1.54, 1.807) is 24.3 Å². The average Bonchev–Trinajstić information content (AvgIpc) is 3.37. The van der Waals surface area contributed by atoms with Gasteiger partial charge in [-0.15, -0.1) is 0 Å². The van der Waals surface area contributed by atoms with Crippen molar-refractivity contribution >= 4 is 35.1 Å². The molecule has 4 aromatic carbocycles. The fourth-order valence-electron chi connectivity index (χ4n) is 9.94. The lowest BCUT2D eigenvalue weighted by Gasteiger charge is -2.42. The van der Waals surface area contributed by atoms with Gasteiger partial charge in [0.15, 0.2) is 23.6 Å². The van der Waals surface area contributed by atoms with Gasteiger partial charge in [-0.25, -0.2) is 4.79 Å². The molecule has 3 aliphatic rings. The number of aliphatic hydroxyl groups is 3. The number of fused-ring (bicyclic) bond motifs is 3. The summed E-state index contributed by atoms with van der Waals surface area (Å²) in [4.78, 5) is 81.8. The summed E-state index contributed by atoms with van der Waals surface area (Å²) in [5, 5.41) is 65.3. The molecule has 0 aromatic heterocycles. The zero-order valence-corrected chi connectivity index (χ0v) is 42.1. The molecule has 2 amide bonds. The number of carbonyl (C=O) groups is 6. The van der Waals surface area contributed by atoms with Crippen LogP contribution in [0.4, 0.5) is 4.79 Å². The number of rotatable bonds is 20. The highest BCUT2D eigenvalue weighted by Crippen LogP contribution is 2.52. The second-order valence-electron chi connectivity index (χ2n) is 20.3. The molecular formula is C55H66N4O15. The predicted molar refractivity (Wildman–Crippen MR) is 268 cm³/mol. The van der Waals surface area contributed by atoms with E-state index < -0.39 is 114 Å². The number of ketones is 4. The van der Waals surface area contributed by atoms with Crippen molar-refractivity contribution in [2.75, 3.05) is 20.3 Å². The molecule has 19 heteroatoms. The normalized spacial score (nSPS) is 22.1. The lowest BCUT2D eigenvalue weighted by Crippen LogP contribution is -2.56. The Bertz CT molecular complexity index is 2740. The van der Waals surface area contributed by atoms with Gasteiger partial charge in [-0.05, 0) is 82.7 Å². The van der Waals surface area contributed by atoms with E-state index in [0.29, 0.717) is 43.4 Å². The highest BCUT2D eigenvalue weighted by atomic mass is 16.7. The molecule has 1 saturated heterocycles. The second kappa shape index (κ2) is 23.3. The lowest BCUT2D eigenvalue weighted by molar-refractivity contribution is -0.249. The number of nitrogens with one attached hydrogen (secondary N) is 3. The molecule has 1 heterocycles. The molecule has 1 fully saturated rings. The third-order valence-electron chi connectivity index (χ3n) is 13.7. The minimum absolute atomic E-state index is 0.0301. The molecule has 19 nitrogen and oxygen atoms in total. The van der Waals surface area contributed by atoms with Gasteiger partial charge in [-0.1, -0.05) is 66.7 Å². The first-order valence-corrected chi connectivity index (χ1v) is 24.7. The van der Waals surface area contributed by atoms with E-state index in [4.69, 9.17) is 24.7 Å². The third kappa shape index (κ3) is 12.3. The first kappa shape index (κ1) is 55.2. The number of ether oxygens (including phenoxy) is 4. The van der Waals surface area contributed by atoms with Crippen LogP contribution in [0.2, 0.25) is 0 Å². The maximum Gasteiger partial charge on any atom is 0.407 e. The number of methoxy groups -OCH3 is 1. The third-order valence-corrected chi connectivity index (χ3v) is 13.7. The van der Waals surface area contributed by atoms with E-state index in [9.17, 15) is 54.3 Å². The lowest BCUT2D eigenvalue weighted by atomic mass is 9.72. The van der Waals surface area contributed by atoms with Crippen LogP contribution in [0.1, 0.15) is 126 Å². The molecule has 396 valence electrons. The van der Waals surface area contributed by atoms with Crippen LogP contribution in [0, 0.1) is 0 Å². The van der Waals surface area contributed by atoms with E-state index in [-0.39, 0.29) is 64.7 Å². The summed E-state index contributed by atoms with van der Waals surface area (Å²) in [6, 6.07) is 18.4. The summed E-state index contributed by atoms with van der Waals surface area (Å²) >= 11 is 0. The molecule has 8 atom stereocenters. The van der Waals surface area contributed by atoms with Gasteiger partial charge in [0, 0.05) is 47.9 Å². The van der Waals surface area contributed by atoms with Gasteiger partial charge in [0.05, 0.1) is 54.1 Å². The van der Waals surface area contributed by atoms with Crippen molar-refractivity contribution in [2.24, 2.45) is 5.73 Å². The smallest absolute Gasteiger partial charge is 0.407 e. The Morgan fingerprint density at radius 2 is 1.57 bits per heavy atom. The highest BCUT2D eigenvalue weighted by Gasteiger charge is 2.50. The maximum atomic E-state index is 14.1. The van der Waals surface area contributed by atoms with Crippen molar-refractivity contribution in [3.63, 3.8) is 0 Å². The molecule has 10 N–H and O–H groups in total. The monoisotopic (exact) mass is 1020 g/mol. The van der Waals surface area contributed by atoms with Crippen LogP contribution >= 0.6 is 0 Å². The van der Waals surface area contributed by atoms with Gasteiger partial charge in [0.25, 0.3) is 0 Å². The Morgan fingerprint density at radius 3 is 2.23 bits per heavy atom. The fourth-order valence-corrected chi connectivity index (χ4v) is 9.94. The topological polar surface area (TPSA) is 303 Å². The maximum absolute atomic E-state index is 14.1. The fraction of sp³-hybridized carbons (Fsp3) is 0.455. The number of Topliss-reactive ketones (excluding diaryl/α,β-unsaturated/α-hetero) is 2. The van der Waals surface area contributed by atoms with Crippen molar-refractivity contribution in [2.45, 2.75) is 140 Å². The van der Waals surface area contributed by atoms with Crippen molar-refractivity contribution in [1.82, 2.24) is 16.0 Å². The first-order chi connectivity index (χ1) is 35.2. The number of aliphatic hydroxyl groups excluding tert-OH is 2. The van der Waals surface area contributed by atoms with Crippen LogP contribution in [0.15, 0.2) is 72.8 Å². The Hall–Kier alpha value is -6.58.